The van der Waals surface area contributed by atoms with Crippen molar-refractivity contribution in [2.75, 3.05) is 5.73 Å². The molecule has 1 rings (SSSR count). The fraction of sp³-hybridized carbons (Fsp3) is 0. The lowest BCUT2D eigenvalue weighted by molar-refractivity contribution is 0.507. The van der Waals surface area contributed by atoms with Gasteiger partial charge in [-0.1, -0.05) is 11.6 Å². The lowest BCUT2D eigenvalue weighted by atomic mass is 10.4. The largest absolute Gasteiger partial charge is 0.394 e. The number of nitrogen functional groups attached to an aromatic ring is 1. The van der Waals surface area contributed by atoms with Crippen LogP contribution in [0, 0.1) is 11.6 Å². The van der Waals surface area contributed by atoms with Crippen LogP contribution in [0.4, 0.5) is 14.5 Å². The van der Waals surface area contributed by atoms with Crippen LogP contribution in [-0.4, -0.2) is 4.98 Å². The maximum atomic E-state index is 12.4. The zero-order valence-electron chi connectivity index (χ0n) is 4.74. The molecule has 1 heterocycles. The molecule has 0 bridgehead atoms. The van der Waals surface area contributed by atoms with Gasteiger partial charge in [-0.15, -0.1) is 0 Å². The smallest absolute Gasteiger partial charge is 0.186 e. The summed E-state index contributed by atoms with van der Waals surface area (Å²) in [6.07, 6.45) is 0.675. The van der Waals surface area contributed by atoms with Gasteiger partial charge in [0.05, 0.1) is 6.20 Å². The minimum atomic E-state index is -1.15. The first-order valence-electron chi connectivity index (χ1n) is 2.38. The Hall–Kier alpha value is -0.900. The maximum absolute atomic E-state index is 12.4. The number of rotatable bonds is 0. The summed E-state index contributed by atoms with van der Waals surface area (Å²) in [5.41, 5.74) is 4.52. The molecule has 0 aliphatic carbocycles. The topological polar surface area (TPSA) is 38.9 Å². The van der Waals surface area contributed by atoms with Crippen LogP contribution < -0.4 is 5.73 Å². The predicted octanol–water partition coefficient (Wildman–Crippen LogP) is 1.60. The van der Waals surface area contributed by atoms with Crippen molar-refractivity contribution in [3.63, 3.8) is 0 Å². The van der Waals surface area contributed by atoms with Gasteiger partial charge in [-0.3, -0.25) is 0 Å². The highest BCUT2D eigenvalue weighted by molar-refractivity contribution is 6.31. The highest BCUT2D eigenvalue weighted by Gasteiger charge is 2.09. The second kappa shape index (κ2) is 2.38. The lowest BCUT2D eigenvalue weighted by Crippen LogP contribution is -1.96. The fourth-order valence-electron chi connectivity index (χ4n) is 0.459. The Morgan fingerprint density at radius 3 is 2.60 bits per heavy atom. The zero-order chi connectivity index (χ0) is 7.72. The van der Waals surface area contributed by atoms with Gasteiger partial charge in [-0.2, -0.15) is 0 Å². The average molecular weight is 165 g/mol. The van der Waals surface area contributed by atoms with Gasteiger partial charge in [0.25, 0.3) is 0 Å². The van der Waals surface area contributed by atoms with Gasteiger partial charge in [0, 0.05) is 0 Å². The van der Waals surface area contributed by atoms with Crippen LogP contribution in [0.3, 0.4) is 0 Å². The van der Waals surface area contributed by atoms with E-state index in [0.29, 0.717) is 6.20 Å². The van der Waals surface area contributed by atoms with Crippen molar-refractivity contribution in [1.82, 2.24) is 4.98 Å². The number of aromatic nitrogens is 1. The Labute approximate surface area is 60.6 Å². The van der Waals surface area contributed by atoms with E-state index in [-0.39, 0.29) is 5.15 Å². The molecule has 0 unspecified atom stereocenters. The first-order chi connectivity index (χ1) is 4.63. The maximum Gasteiger partial charge on any atom is 0.186 e. The van der Waals surface area contributed by atoms with E-state index >= 15 is 0 Å². The van der Waals surface area contributed by atoms with Crippen LogP contribution >= 0.6 is 11.6 Å². The summed E-state index contributed by atoms with van der Waals surface area (Å²) in [4.78, 5) is 3.26. The quantitative estimate of drug-likeness (QED) is 0.592. The number of nitrogens with zero attached hydrogens (tertiary/aromatic N) is 1. The van der Waals surface area contributed by atoms with E-state index in [2.05, 4.69) is 4.98 Å². The summed E-state index contributed by atoms with van der Waals surface area (Å²) in [5, 5.41) is -0.223. The van der Waals surface area contributed by atoms with E-state index in [1.54, 1.807) is 0 Å². The Bertz CT molecular complexity index is 237. The Kier molecular flexibility index (Phi) is 1.72. The number of hydrogen-bond donors (Lipinski definition) is 1. The molecule has 0 radical (unpaired) electrons. The molecule has 0 spiro atoms. The molecule has 0 amide bonds. The van der Waals surface area contributed by atoms with Crippen molar-refractivity contribution < 1.29 is 8.78 Å². The van der Waals surface area contributed by atoms with E-state index in [1.165, 1.54) is 0 Å². The molecule has 0 aliphatic rings. The average Bonchev–Trinajstić information content (AvgIpc) is 1.93. The Morgan fingerprint density at radius 2 is 2.10 bits per heavy atom. The minimum absolute atomic E-state index is 0.223. The van der Waals surface area contributed by atoms with Crippen LogP contribution in [0.15, 0.2) is 6.20 Å². The number of hydrogen-bond acceptors (Lipinski definition) is 2. The molecule has 0 atom stereocenters. The summed E-state index contributed by atoms with van der Waals surface area (Å²) in [5.74, 6) is -2.25. The second-order valence-electron chi connectivity index (χ2n) is 1.62. The zero-order valence-corrected chi connectivity index (χ0v) is 5.49. The first kappa shape index (κ1) is 7.21. The van der Waals surface area contributed by atoms with E-state index in [9.17, 15) is 8.78 Å². The van der Waals surface area contributed by atoms with Gasteiger partial charge in [-0.05, 0) is 0 Å². The van der Waals surface area contributed by atoms with Gasteiger partial charge in [-0.25, -0.2) is 13.8 Å². The van der Waals surface area contributed by atoms with Gasteiger partial charge in [0.15, 0.2) is 16.8 Å². The molecule has 0 saturated heterocycles. The van der Waals surface area contributed by atoms with Gasteiger partial charge in [0.1, 0.15) is 5.69 Å². The van der Waals surface area contributed by atoms with Crippen molar-refractivity contribution in [2.24, 2.45) is 0 Å². The van der Waals surface area contributed by atoms with Crippen molar-refractivity contribution in [1.29, 1.82) is 0 Å². The molecule has 0 aromatic carbocycles. The highest BCUT2D eigenvalue weighted by Crippen LogP contribution is 2.19. The SMILES string of the molecule is Nc1c(Cl)ncc(F)c1F. The monoisotopic (exact) mass is 164 g/mol. The molecule has 0 fully saturated rings. The third-order valence-electron chi connectivity index (χ3n) is 0.960. The lowest BCUT2D eigenvalue weighted by Gasteiger charge is -1.97. The van der Waals surface area contributed by atoms with E-state index in [0.717, 1.165) is 0 Å². The molecule has 0 saturated carbocycles. The number of anilines is 1. The van der Waals surface area contributed by atoms with Gasteiger partial charge in [0.2, 0.25) is 0 Å². The van der Waals surface area contributed by atoms with Crippen LogP contribution in [-0.2, 0) is 0 Å². The Morgan fingerprint density at radius 1 is 1.50 bits per heavy atom. The Balaban J connectivity index is 3.34. The van der Waals surface area contributed by atoms with E-state index in [4.69, 9.17) is 17.3 Å². The summed E-state index contributed by atoms with van der Waals surface area (Å²) >= 11 is 5.24. The normalized spacial score (nSPS) is 9.90. The van der Waals surface area contributed by atoms with Crippen molar-refractivity contribution in [2.45, 2.75) is 0 Å². The third-order valence-corrected chi connectivity index (χ3v) is 1.26. The summed E-state index contributed by atoms with van der Waals surface area (Å²) < 4.78 is 24.6. The number of pyridine rings is 1. The van der Waals surface area contributed by atoms with Crippen molar-refractivity contribution >= 4 is 17.3 Å². The summed E-state index contributed by atoms with van der Waals surface area (Å²) in [7, 11) is 0. The molecule has 54 valence electrons. The van der Waals surface area contributed by atoms with E-state index in [1.807, 2.05) is 0 Å². The third kappa shape index (κ3) is 1.02. The summed E-state index contributed by atoms with van der Waals surface area (Å²) in [6, 6.07) is 0. The fourth-order valence-corrected chi connectivity index (χ4v) is 0.591. The molecule has 2 N–H and O–H groups in total. The molecule has 1 aromatic heterocycles. The standard InChI is InChI=1S/C5H3ClF2N2/c6-5-4(9)3(8)2(7)1-10-5/h1H,9H2. The predicted molar refractivity (Wildman–Crippen MR) is 33.6 cm³/mol. The van der Waals surface area contributed by atoms with Crippen LogP contribution in [0.1, 0.15) is 0 Å². The summed E-state index contributed by atoms with van der Waals surface area (Å²) in [6.45, 7) is 0. The van der Waals surface area contributed by atoms with Crippen molar-refractivity contribution in [3.05, 3.63) is 23.0 Å². The van der Waals surface area contributed by atoms with Crippen LogP contribution in [0.2, 0.25) is 5.15 Å². The molecule has 5 heteroatoms. The minimum Gasteiger partial charge on any atom is -0.394 e. The second-order valence-corrected chi connectivity index (χ2v) is 1.98. The first-order valence-corrected chi connectivity index (χ1v) is 2.75. The molecule has 0 aliphatic heterocycles. The van der Waals surface area contributed by atoms with Crippen LogP contribution in [0.25, 0.3) is 0 Å². The van der Waals surface area contributed by atoms with E-state index < -0.39 is 17.3 Å². The molecule has 1 aromatic rings. The van der Waals surface area contributed by atoms with Gasteiger partial charge >= 0.3 is 0 Å². The van der Waals surface area contributed by atoms with Crippen molar-refractivity contribution in [3.8, 4) is 0 Å². The number of halogens is 3. The molecular formula is C5H3ClF2N2. The molecule has 2 nitrogen and oxygen atoms in total. The molecular weight excluding hydrogens is 162 g/mol. The molecule has 10 heavy (non-hydrogen) atoms. The number of nitrogens with two attached hydrogens (primary N) is 1. The van der Waals surface area contributed by atoms with Gasteiger partial charge < -0.3 is 5.73 Å². The highest BCUT2D eigenvalue weighted by atomic mass is 35.5. The van der Waals surface area contributed by atoms with Crippen LogP contribution in [0.5, 0.6) is 0 Å².